The fourth-order valence-corrected chi connectivity index (χ4v) is 3.42. The predicted molar refractivity (Wildman–Crippen MR) is 98.2 cm³/mol. The fraction of sp³-hybridized carbons (Fsp3) is 0.0526. The van der Waals surface area contributed by atoms with Crippen LogP contribution in [0.15, 0.2) is 66.2 Å². The number of hydrogen-bond donors (Lipinski definition) is 2. The number of fused-ring (bicyclic) bond motifs is 1. The highest BCUT2D eigenvalue weighted by atomic mass is 32.1. The van der Waals surface area contributed by atoms with Crippen molar-refractivity contribution in [2.45, 2.75) is 6.42 Å². The van der Waals surface area contributed by atoms with Crippen molar-refractivity contribution in [2.24, 2.45) is 0 Å². The SMILES string of the molecule is O=C(Cc1c[nH]c2ccccc12)Nc1nc(-c2ccccc2)cs1. The Balaban J connectivity index is 1.48. The van der Waals surface area contributed by atoms with Crippen molar-refractivity contribution in [2.75, 3.05) is 5.32 Å². The summed E-state index contributed by atoms with van der Waals surface area (Å²) >= 11 is 1.44. The van der Waals surface area contributed by atoms with Gasteiger partial charge in [0.25, 0.3) is 0 Å². The summed E-state index contributed by atoms with van der Waals surface area (Å²) in [5, 5.41) is 6.55. The van der Waals surface area contributed by atoms with Gasteiger partial charge in [-0.2, -0.15) is 0 Å². The van der Waals surface area contributed by atoms with E-state index in [1.807, 2.05) is 66.2 Å². The smallest absolute Gasteiger partial charge is 0.230 e. The van der Waals surface area contributed by atoms with Gasteiger partial charge in [0.1, 0.15) is 0 Å². The zero-order chi connectivity index (χ0) is 16.4. The number of nitrogens with one attached hydrogen (secondary N) is 2. The van der Waals surface area contributed by atoms with Crippen LogP contribution in [0.2, 0.25) is 0 Å². The molecule has 4 rings (SSSR count). The van der Waals surface area contributed by atoms with E-state index in [-0.39, 0.29) is 5.91 Å². The maximum absolute atomic E-state index is 12.3. The number of para-hydroxylation sites is 1. The van der Waals surface area contributed by atoms with E-state index in [1.165, 1.54) is 11.3 Å². The fourth-order valence-electron chi connectivity index (χ4n) is 2.69. The molecule has 0 spiro atoms. The number of nitrogens with zero attached hydrogens (tertiary/aromatic N) is 1. The number of anilines is 1. The minimum atomic E-state index is -0.0614. The van der Waals surface area contributed by atoms with Gasteiger partial charge in [-0.25, -0.2) is 4.98 Å². The van der Waals surface area contributed by atoms with E-state index in [0.717, 1.165) is 27.7 Å². The second-order valence-electron chi connectivity index (χ2n) is 5.49. The first-order valence-electron chi connectivity index (χ1n) is 7.65. The van der Waals surface area contributed by atoms with Crippen molar-refractivity contribution in [3.63, 3.8) is 0 Å². The standard InChI is InChI=1S/C19H15N3OS/c23-18(10-14-11-20-16-9-5-4-8-15(14)16)22-19-21-17(12-24-19)13-6-2-1-3-7-13/h1-9,11-12,20H,10H2,(H,21,22,23). The van der Waals surface area contributed by atoms with E-state index in [2.05, 4.69) is 15.3 Å². The van der Waals surface area contributed by atoms with Crippen molar-refractivity contribution in [3.8, 4) is 11.3 Å². The third kappa shape index (κ3) is 2.94. The third-order valence-corrected chi connectivity index (χ3v) is 4.60. The Morgan fingerprint density at radius 2 is 1.88 bits per heavy atom. The number of hydrogen-bond acceptors (Lipinski definition) is 3. The average molecular weight is 333 g/mol. The van der Waals surface area contributed by atoms with Gasteiger partial charge in [-0.1, -0.05) is 48.5 Å². The Morgan fingerprint density at radius 3 is 2.75 bits per heavy atom. The van der Waals surface area contributed by atoms with Crippen molar-refractivity contribution in [1.82, 2.24) is 9.97 Å². The van der Waals surface area contributed by atoms with Crippen LogP contribution in [-0.4, -0.2) is 15.9 Å². The minimum absolute atomic E-state index is 0.0614. The lowest BCUT2D eigenvalue weighted by molar-refractivity contribution is -0.115. The van der Waals surface area contributed by atoms with Gasteiger partial charge in [0, 0.05) is 28.0 Å². The van der Waals surface area contributed by atoms with Crippen LogP contribution < -0.4 is 5.32 Å². The molecule has 1 amide bonds. The summed E-state index contributed by atoms with van der Waals surface area (Å²) in [7, 11) is 0. The van der Waals surface area contributed by atoms with E-state index in [9.17, 15) is 4.79 Å². The molecular formula is C19H15N3OS. The number of H-pyrrole nitrogens is 1. The van der Waals surface area contributed by atoms with E-state index in [1.54, 1.807) is 0 Å². The number of benzene rings is 2. The van der Waals surface area contributed by atoms with Crippen molar-refractivity contribution >= 4 is 33.3 Å². The van der Waals surface area contributed by atoms with Crippen LogP contribution in [0.3, 0.4) is 0 Å². The number of thiazole rings is 1. The molecule has 0 saturated carbocycles. The summed E-state index contributed by atoms with van der Waals surface area (Å²) in [5.74, 6) is -0.0614. The Hall–Kier alpha value is -2.92. The van der Waals surface area contributed by atoms with E-state index in [4.69, 9.17) is 0 Å². The monoisotopic (exact) mass is 333 g/mol. The van der Waals surface area contributed by atoms with Gasteiger partial charge >= 0.3 is 0 Å². The van der Waals surface area contributed by atoms with E-state index < -0.39 is 0 Å². The largest absolute Gasteiger partial charge is 0.361 e. The second-order valence-corrected chi connectivity index (χ2v) is 6.35. The Kier molecular flexibility index (Phi) is 3.84. The van der Waals surface area contributed by atoms with Gasteiger partial charge in [0.15, 0.2) is 5.13 Å². The molecule has 5 heteroatoms. The number of aromatic amines is 1. The van der Waals surface area contributed by atoms with Gasteiger partial charge in [0.2, 0.25) is 5.91 Å². The van der Waals surface area contributed by atoms with Crippen LogP contribution in [0.4, 0.5) is 5.13 Å². The van der Waals surface area contributed by atoms with Crippen LogP contribution in [0.25, 0.3) is 22.2 Å². The molecule has 0 radical (unpaired) electrons. The first-order valence-corrected chi connectivity index (χ1v) is 8.53. The quantitative estimate of drug-likeness (QED) is 0.579. The molecule has 0 aliphatic rings. The number of rotatable bonds is 4. The van der Waals surface area contributed by atoms with Gasteiger partial charge in [-0.15, -0.1) is 11.3 Å². The lowest BCUT2D eigenvalue weighted by atomic mass is 10.1. The lowest BCUT2D eigenvalue weighted by Crippen LogP contribution is -2.13. The molecule has 0 atom stereocenters. The molecule has 0 fully saturated rings. The first-order chi connectivity index (χ1) is 11.8. The second kappa shape index (κ2) is 6.29. The molecule has 4 aromatic rings. The molecule has 0 bridgehead atoms. The van der Waals surface area contributed by atoms with Crippen molar-refractivity contribution in [3.05, 3.63) is 71.7 Å². The topological polar surface area (TPSA) is 57.8 Å². The normalized spacial score (nSPS) is 10.8. The highest BCUT2D eigenvalue weighted by Crippen LogP contribution is 2.25. The van der Waals surface area contributed by atoms with Crippen molar-refractivity contribution < 1.29 is 4.79 Å². The third-order valence-electron chi connectivity index (χ3n) is 3.85. The molecular weight excluding hydrogens is 318 g/mol. The average Bonchev–Trinajstić information content (AvgIpc) is 3.23. The Bertz CT molecular complexity index is 988. The highest BCUT2D eigenvalue weighted by molar-refractivity contribution is 7.14. The molecule has 2 N–H and O–H groups in total. The zero-order valence-corrected chi connectivity index (χ0v) is 13.6. The molecule has 0 aliphatic heterocycles. The van der Waals surface area contributed by atoms with Crippen LogP contribution >= 0.6 is 11.3 Å². The van der Waals surface area contributed by atoms with Gasteiger partial charge < -0.3 is 10.3 Å². The van der Waals surface area contributed by atoms with Gasteiger partial charge in [-0.05, 0) is 11.6 Å². The zero-order valence-electron chi connectivity index (χ0n) is 12.8. The lowest BCUT2D eigenvalue weighted by Gasteiger charge is -2.01. The van der Waals surface area contributed by atoms with Crippen LogP contribution in [0.5, 0.6) is 0 Å². The van der Waals surface area contributed by atoms with Crippen LogP contribution in [0, 0.1) is 0 Å². The summed E-state index contributed by atoms with van der Waals surface area (Å²) in [5.41, 5.74) is 3.96. The summed E-state index contributed by atoms with van der Waals surface area (Å²) < 4.78 is 0. The number of amides is 1. The maximum Gasteiger partial charge on any atom is 0.230 e. The highest BCUT2D eigenvalue weighted by Gasteiger charge is 2.11. The summed E-state index contributed by atoms with van der Waals surface area (Å²) in [6.45, 7) is 0. The summed E-state index contributed by atoms with van der Waals surface area (Å²) in [4.78, 5) is 20.0. The van der Waals surface area contributed by atoms with E-state index in [0.29, 0.717) is 11.6 Å². The molecule has 118 valence electrons. The first kappa shape index (κ1) is 14.7. The van der Waals surface area contributed by atoms with Crippen LogP contribution in [-0.2, 0) is 11.2 Å². The van der Waals surface area contributed by atoms with E-state index >= 15 is 0 Å². The number of carbonyl (C=O) groups excluding carboxylic acids is 1. The molecule has 0 saturated heterocycles. The van der Waals surface area contributed by atoms with Crippen LogP contribution in [0.1, 0.15) is 5.56 Å². The number of carbonyl (C=O) groups is 1. The minimum Gasteiger partial charge on any atom is -0.361 e. The Morgan fingerprint density at radius 1 is 1.08 bits per heavy atom. The van der Waals surface area contributed by atoms with Gasteiger partial charge in [0.05, 0.1) is 12.1 Å². The molecule has 2 aromatic heterocycles. The molecule has 4 nitrogen and oxygen atoms in total. The molecule has 24 heavy (non-hydrogen) atoms. The maximum atomic E-state index is 12.3. The molecule has 0 aliphatic carbocycles. The number of aromatic nitrogens is 2. The molecule has 2 heterocycles. The summed E-state index contributed by atoms with van der Waals surface area (Å²) in [6.07, 6.45) is 2.21. The predicted octanol–water partition coefficient (Wildman–Crippen LogP) is 4.47. The van der Waals surface area contributed by atoms with Gasteiger partial charge in [-0.3, -0.25) is 4.79 Å². The molecule has 0 unspecified atom stereocenters. The Labute approximate surface area is 143 Å². The molecule has 2 aromatic carbocycles. The van der Waals surface area contributed by atoms with Crippen molar-refractivity contribution in [1.29, 1.82) is 0 Å². The summed E-state index contributed by atoms with van der Waals surface area (Å²) in [6, 6.07) is 17.9.